The van der Waals surface area contributed by atoms with Crippen molar-refractivity contribution in [1.82, 2.24) is 10.1 Å². The second kappa shape index (κ2) is 4.09. The zero-order chi connectivity index (χ0) is 11.6. The molecule has 0 aliphatic carbocycles. The third kappa shape index (κ3) is 3.43. The molecule has 6 nitrogen and oxygen atoms in total. The molecular weight excluding hydrogens is 220 g/mol. The van der Waals surface area contributed by atoms with Gasteiger partial charge in [-0.2, -0.15) is 4.98 Å². The van der Waals surface area contributed by atoms with E-state index in [4.69, 9.17) is 4.52 Å². The molecular formula is C8H12N2O4S. The summed E-state index contributed by atoms with van der Waals surface area (Å²) < 4.78 is 26.6. The van der Waals surface area contributed by atoms with E-state index in [1.165, 1.54) is 6.92 Å². The third-order valence-electron chi connectivity index (χ3n) is 1.86. The molecule has 0 fully saturated rings. The maximum Gasteiger partial charge on any atom is 0.236 e. The number of carbonyl (C=O) groups excluding carboxylic acids is 1. The Morgan fingerprint density at radius 2 is 2.13 bits per heavy atom. The average Bonchev–Trinajstić information content (AvgIpc) is 2.48. The molecule has 1 aromatic heterocycles. The minimum atomic E-state index is -3.18. The van der Waals surface area contributed by atoms with E-state index in [-0.39, 0.29) is 23.3 Å². The van der Waals surface area contributed by atoms with Crippen LogP contribution in [0.1, 0.15) is 31.5 Å². The number of carbonyl (C=O) groups is 1. The third-order valence-corrected chi connectivity index (χ3v) is 2.64. The summed E-state index contributed by atoms with van der Waals surface area (Å²) in [5.74, 6) is -0.640. The number of ketones is 1. The van der Waals surface area contributed by atoms with Crippen LogP contribution in [-0.2, 0) is 20.4 Å². The van der Waals surface area contributed by atoms with Crippen molar-refractivity contribution in [1.29, 1.82) is 0 Å². The van der Waals surface area contributed by atoms with E-state index >= 15 is 0 Å². The van der Waals surface area contributed by atoms with E-state index in [0.29, 0.717) is 0 Å². The Kier molecular flexibility index (Phi) is 3.23. The smallest absolute Gasteiger partial charge is 0.236 e. The fraction of sp³-hybridized carbons (Fsp3) is 0.625. The van der Waals surface area contributed by atoms with Crippen molar-refractivity contribution >= 4 is 15.6 Å². The first-order valence-electron chi connectivity index (χ1n) is 4.30. The van der Waals surface area contributed by atoms with Gasteiger partial charge >= 0.3 is 0 Å². The highest BCUT2D eigenvalue weighted by Gasteiger charge is 2.19. The summed E-state index contributed by atoms with van der Waals surface area (Å²) >= 11 is 0. The van der Waals surface area contributed by atoms with E-state index in [1.54, 1.807) is 6.92 Å². The van der Waals surface area contributed by atoms with Gasteiger partial charge in [0.05, 0.1) is 5.92 Å². The Morgan fingerprint density at radius 3 is 2.60 bits per heavy atom. The van der Waals surface area contributed by atoms with Gasteiger partial charge in [-0.05, 0) is 13.8 Å². The standard InChI is InChI=1S/C8H12N2O4S/c1-5(6(2)11)8-9-7(10-14-8)4-15(3,12)13/h5H,4H2,1-3H3. The lowest BCUT2D eigenvalue weighted by Crippen LogP contribution is -2.06. The molecule has 0 aliphatic heterocycles. The lowest BCUT2D eigenvalue weighted by molar-refractivity contribution is -0.118. The summed E-state index contributed by atoms with van der Waals surface area (Å²) in [6.45, 7) is 3.03. The first kappa shape index (κ1) is 11.8. The van der Waals surface area contributed by atoms with Crippen LogP contribution < -0.4 is 0 Å². The van der Waals surface area contributed by atoms with E-state index in [2.05, 4.69) is 10.1 Å². The molecule has 7 heteroatoms. The van der Waals surface area contributed by atoms with Crippen LogP contribution in [0.3, 0.4) is 0 Å². The van der Waals surface area contributed by atoms with E-state index < -0.39 is 15.8 Å². The second-order valence-electron chi connectivity index (χ2n) is 3.45. The van der Waals surface area contributed by atoms with Crippen LogP contribution in [-0.4, -0.2) is 30.6 Å². The molecule has 0 N–H and O–H groups in total. The van der Waals surface area contributed by atoms with Gasteiger partial charge in [-0.15, -0.1) is 0 Å². The van der Waals surface area contributed by atoms with Gasteiger partial charge in [0.1, 0.15) is 11.5 Å². The Labute approximate surface area is 87.6 Å². The average molecular weight is 232 g/mol. The Balaban J connectivity index is 2.86. The predicted octanol–water partition coefficient (Wildman–Crippen LogP) is 0.307. The van der Waals surface area contributed by atoms with Gasteiger partial charge in [-0.3, -0.25) is 4.79 Å². The molecule has 1 aromatic rings. The lowest BCUT2D eigenvalue weighted by atomic mass is 10.1. The Morgan fingerprint density at radius 1 is 1.53 bits per heavy atom. The minimum Gasteiger partial charge on any atom is -0.339 e. The summed E-state index contributed by atoms with van der Waals surface area (Å²) in [6, 6.07) is 0. The van der Waals surface area contributed by atoms with Crippen LogP contribution in [0.15, 0.2) is 4.52 Å². The zero-order valence-corrected chi connectivity index (χ0v) is 9.54. The minimum absolute atomic E-state index is 0.0839. The van der Waals surface area contributed by atoms with Crippen molar-refractivity contribution in [2.75, 3.05) is 6.26 Å². The predicted molar refractivity (Wildman–Crippen MR) is 51.9 cm³/mol. The molecule has 84 valence electrons. The fourth-order valence-electron chi connectivity index (χ4n) is 0.910. The fourth-order valence-corrected chi connectivity index (χ4v) is 1.50. The molecule has 1 unspecified atom stereocenters. The van der Waals surface area contributed by atoms with Crippen molar-refractivity contribution in [3.63, 3.8) is 0 Å². The number of aromatic nitrogens is 2. The molecule has 1 atom stereocenters. The van der Waals surface area contributed by atoms with E-state index in [1.807, 2.05) is 0 Å². The molecule has 0 aromatic carbocycles. The summed E-state index contributed by atoms with van der Waals surface area (Å²) in [6.07, 6.45) is 1.08. The molecule has 0 saturated carbocycles. The summed E-state index contributed by atoms with van der Waals surface area (Å²) in [5.41, 5.74) is 0. The monoisotopic (exact) mass is 232 g/mol. The van der Waals surface area contributed by atoms with Crippen LogP contribution >= 0.6 is 0 Å². The van der Waals surface area contributed by atoms with Crippen molar-refractivity contribution < 1.29 is 17.7 Å². The lowest BCUT2D eigenvalue weighted by Gasteiger charge is -1.97. The van der Waals surface area contributed by atoms with Gasteiger partial charge in [-0.25, -0.2) is 8.42 Å². The highest BCUT2D eigenvalue weighted by molar-refractivity contribution is 7.89. The van der Waals surface area contributed by atoms with Crippen LogP contribution in [0.25, 0.3) is 0 Å². The molecule has 0 bridgehead atoms. The van der Waals surface area contributed by atoms with Gasteiger partial charge in [0.15, 0.2) is 15.7 Å². The number of nitrogens with zero attached hydrogens (tertiary/aromatic N) is 2. The molecule has 0 spiro atoms. The van der Waals surface area contributed by atoms with Gasteiger partial charge in [0.25, 0.3) is 0 Å². The molecule has 0 amide bonds. The van der Waals surface area contributed by atoms with Crippen molar-refractivity contribution in [2.24, 2.45) is 0 Å². The molecule has 0 radical (unpaired) electrons. The summed E-state index contributed by atoms with van der Waals surface area (Å²) in [5, 5.41) is 3.49. The van der Waals surface area contributed by atoms with Crippen LogP contribution in [0.5, 0.6) is 0 Å². The van der Waals surface area contributed by atoms with Gasteiger partial charge in [-0.1, -0.05) is 5.16 Å². The number of rotatable bonds is 4. The molecule has 15 heavy (non-hydrogen) atoms. The molecule has 0 aliphatic rings. The number of hydrogen-bond acceptors (Lipinski definition) is 6. The van der Waals surface area contributed by atoms with Gasteiger partial charge in [0, 0.05) is 6.26 Å². The first-order valence-corrected chi connectivity index (χ1v) is 6.36. The maximum atomic E-state index is 11.0. The van der Waals surface area contributed by atoms with Crippen LogP contribution in [0.2, 0.25) is 0 Å². The summed E-state index contributed by atoms with van der Waals surface area (Å²) in [4.78, 5) is 14.8. The van der Waals surface area contributed by atoms with Crippen LogP contribution in [0.4, 0.5) is 0 Å². The molecule has 1 rings (SSSR count). The van der Waals surface area contributed by atoms with E-state index in [9.17, 15) is 13.2 Å². The van der Waals surface area contributed by atoms with Crippen LogP contribution in [0, 0.1) is 0 Å². The highest BCUT2D eigenvalue weighted by Crippen LogP contribution is 2.14. The quantitative estimate of drug-likeness (QED) is 0.741. The largest absolute Gasteiger partial charge is 0.339 e. The number of hydrogen-bond donors (Lipinski definition) is 0. The number of Topliss-reactive ketones (excluding diaryl/α,β-unsaturated/α-hetero) is 1. The topological polar surface area (TPSA) is 90.1 Å². The first-order chi connectivity index (χ1) is 6.79. The van der Waals surface area contributed by atoms with Gasteiger partial charge in [0.2, 0.25) is 5.89 Å². The van der Waals surface area contributed by atoms with Crippen molar-refractivity contribution in [2.45, 2.75) is 25.5 Å². The summed E-state index contributed by atoms with van der Waals surface area (Å²) in [7, 11) is -3.18. The zero-order valence-electron chi connectivity index (χ0n) is 8.72. The maximum absolute atomic E-state index is 11.0. The second-order valence-corrected chi connectivity index (χ2v) is 5.59. The van der Waals surface area contributed by atoms with E-state index in [0.717, 1.165) is 6.26 Å². The molecule has 1 heterocycles. The van der Waals surface area contributed by atoms with Gasteiger partial charge < -0.3 is 4.52 Å². The Bertz CT molecular complexity index is 463. The molecule has 0 saturated heterocycles. The highest BCUT2D eigenvalue weighted by atomic mass is 32.2. The van der Waals surface area contributed by atoms with Crippen molar-refractivity contribution in [3.8, 4) is 0 Å². The Hall–Kier alpha value is -1.24. The van der Waals surface area contributed by atoms with Crippen molar-refractivity contribution in [3.05, 3.63) is 11.7 Å². The SMILES string of the molecule is CC(=O)C(C)c1nc(CS(C)(=O)=O)no1. The number of sulfone groups is 1. The normalized spacial score (nSPS) is 13.8.